The van der Waals surface area contributed by atoms with Gasteiger partial charge in [0.15, 0.2) is 0 Å². The summed E-state index contributed by atoms with van der Waals surface area (Å²) in [6, 6.07) is 0. The fourth-order valence-electron chi connectivity index (χ4n) is 1.74. The highest BCUT2D eigenvalue weighted by atomic mass is 32.2. The zero-order valence-corrected chi connectivity index (χ0v) is 8.34. The second kappa shape index (κ2) is 2.91. The van der Waals surface area contributed by atoms with E-state index in [9.17, 15) is 13.8 Å². The summed E-state index contributed by atoms with van der Waals surface area (Å²) < 4.78 is 11.5. The van der Waals surface area contributed by atoms with Gasteiger partial charge in [-0.2, -0.15) is 0 Å². The van der Waals surface area contributed by atoms with Gasteiger partial charge in [-0.15, -0.1) is 0 Å². The molecular formula is C8H9NO4S. The Morgan fingerprint density at radius 3 is 2.79 bits per heavy atom. The summed E-state index contributed by atoms with van der Waals surface area (Å²) in [6.07, 6.45) is 0.205. The molecule has 2 aliphatic heterocycles. The number of hydrogen-bond acceptors (Lipinski definition) is 3. The van der Waals surface area contributed by atoms with E-state index < -0.39 is 22.1 Å². The van der Waals surface area contributed by atoms with Gasteiger partial charge in [0.05, 0.1) is 6.42 Å². The minimum atomic E-state index is -1.13. The Bertz CT molecular complexity index is 387. The number of amides is 1. The fraction of sp³-hybridized carbons (Fsp3) is 0.500. The maximum Gasteiger partial charge on any atom is 0.352 e. The molecule has 6 heteroatoms. The summed E-state index contributed by atoms with van der Waals surface area (Å²) >= 11 is 0. The van der Waals surface area contributed by atoms with Gasteiger partial charge in [0.1, 0.15) is 11.1 Å². The molecule has 1 amide bonds. The number of nitrogens with zero attached hydrogens (tertiary/aromatic N) is 1. The van der Waals surface area contributed by atoms with Crippen LogP contribution in [-0.2, 0) is 20.4 Å². The number of carboxylic acid groups (broad SMARTS) is 1. The zero-order valence-electron chi connectivity index (χ0n) is 7.52. The quantitative estimate of drug-likeness (QED) is 0.607. The predicted octanol–water partition coefficient (Wildman–Crippen LogP) is -0.334. The SMILES string of the molecule is CC1=C(C(=O)O)N2C(=O)C[C@H]2S(=O)C1. The van der Waals surface area contributed by atoms with Crippen LogP contribution >= 0.6 is 0 Å². The first-order valence-electron chi connectivity index (χ1n) is 4.14. The third kappa shape index (κ3) is 1.10. The Morgan fingerprint density at radius 1 is 1.64 bits per heavy atom. The fourth-order valence-corrected chi connectivity index (χ4v) is 3.28. The lowest BCUT2D eigenvalue weighted by molar-refractivity contribution is -0.146. The Morgan fingerprint density at radius 2 is 2.29 bits per heavy atom. The zero-order chi connectivity index (χ0) is 10.5. The van der Waals surface area contributed by atoms with Crippen molar-refractivity contribution in [3.8, 4) is 0 Å². The van der Waals surface area contributed by atoms with Crippen molar-refractivity contribution in [2.24, 2.45) is 0 Å². The molecule has 1 N–H and O–H groups in total. The van der Waals surface area contributed by atoms with Crippen LogP contribution in [0.25, 0.3) is 0 Å². The van der Waals surface area contributed by atoms with Crippen LogP contribution in [0.4, 0.5) is 0 Å². The molecule has 1 saturated heterocycles. The van der Waals surface area contributed by atoms with Crippen LogP contribution in [0, 0.1) is 0 Å². The van der Waals surface area contributed by atoms with Crippen molar-refractivity contribution in [1.29, 1.82) is 0 Å². The molecule has 76 valence electrons. The smallest absolute Gasteiger partial charge is 0.352 e. The standard InChI is InChI=1S/C8H9NO4S/c1-4-3-14(13)6-2-5(10)9(6)7(4)8(11)12/h6H,2-3H2,1H3,(H,11,12)/t6-,14?/m1/s1. The molecule has 0 radical (unpaired) electrons. The van der Waals surface area contributed by atoms with E-state index in [1.165, 1.54) is 0 Å². The number of β-lactam (4-membered cyclic amide) rings is 1. The van der Waals surface area contributed by atoms with Crippen molar-refractivity contribution in [3.05, 3.63) is 11.3 Å². The highest BCUT2D eigenvalue weighted by Crippen LogP contribution is 2.33. The van der Waals surface area contributed by atoms with E-state index in [1.54, 1.807) is 6.92 Å². The second-order valence-corrected chi connectivity index (χ2v) is 4.98. The molecule has 0 spiro atoms. The maximum atomic E-state index is 11.5. The van der Waals surface area contributed by atoms with Crippen molar-refractivity contribution in [1.82, 2.24) is 4.90 Å². The lowest BCUT2D eigenvalue weighted by Gasteiger charge is -2.43. The Hall–Kier alpha value is -1.17. The molecule has 1 unspecified atom stereocenters. The van der Waals surface area contributed by atoms with E-state index in [2.05, 4.69) is 0 Å². The number of hydrogen-bond donors (Lipinski definition) is 1. The normalized spacial score (nSPS) is 31.2. The van der Waals surface area contributed by atoms with Crippen LogP contribution in [-0.4, -0.2) is 37.2 Å². The van der Waals surface area contributed by atoms with E-state index in [0.717, 1.165) is 4.90 Å². The van der Waals surface area contributed by atoms with Crippen LogP contribution in [0.15, 0.2) is 11.3 Å². The van der Waals surface area contributed by atoms with Crippen molar-refractivity contribution < 1.29 is 18.9 Å². The van der Waals surface area contributed by atoms with Crippen molar-refractivity contribution >= 4 is 22.7 Å². The number of carboxylic acids is 1. The molecule has 0 bridgehead atoms. The molecular weight excluding hydrogens is 206 g/mol. The van der Waals surface area contributed by atoms with E-state index >= 15 is 0 Å². The van der Waals surface area contributed by atoms with E-state index in [1.807, 2.05) is 0 Å². The summed E-state index contributed by atoms with van der Waals surface area (Å²) in [6.45, 7) is 1.60. The van der Waals surface area contributed by atoms with Crippen molar-refractivity contribution in [3.63, 3.8) is 0 Å². The third-order valence-electron chi connectivity index (χ3n) is 2.42. The van der Waals surface area contributed by atoms with Crippen molar-refractivity contribution in [2.45, 2.75) is 18.7 Å². The molecule has 0 aromatic carbocycles. The third-order valence-corrected chi connectivity index (χ3v) is 4.12. The minimum absolute atomic E-state index is 0.0193. The first-order chi connectivity index (χ1) is 6.52. The number of fused-ring (bicyclic) bond motifs is 1. The van der Waals surface area contributed by atoms with Crippen LogP contribution < -0.4 is 0 Å². The minimum Gasteiger partial charge on any atom is -0.477 e. The van der Waals surface area contributed by atoms with E-state index in [-0.39, 0.29) is 23.8 Å². The number of rotatable bonds is 1. The van der Waals surface area contributed by atoms with Gasteiger partial charge in [-0.25, -0.2) is 4.79 Å². The molecule has 2 heterocycles. The van der Waals surface area contributed by atoms with Gasteiger partial charge < -0.3 is 5.11 Å². The number of carbonyl (C=O) groups is 2. The summed E-state index contributed by atoms with van der Waals surface area (Å²) in [5.74, 6) is -1.10. The molecule has 2 rings (SSSR count). The van der Waals surface area contributed by atoms with Gasteiger partial charge >= 0.3 is 5.97 Å². The van der Waals surface area contributed by atoms with Crippen LogP contribution in [0.5, 0.6) is 0 Å². The van der Waals surface area contributed by atoms with Gasteiger partial charge in [-0.3, -0.25) is 13.9 Å². The van der Waals surface area contributed by atoms with Gasteiger partial charge in [-0.1, -0.05) is 0 Å². The summed E-state index contributed by atoms with van der Waals surface area (Å²) in [5.41, 5.74) is 0.533. The first kappa shape index (κ1) is 9.39. The topological polar surface area (TPSA) is 74.7 Å². The Labute approximate surface area is 82.8 Å². The summed E-state index contributed by atoms with van der Waals surface area (Å²) in [4.78, 5) is 23.2. The molecule has 1 fully saturated rings. The number of aliphatic carboxylic acids is 1. The summed E-state index contributed by atoms with van der Waals surface area (Å²) in [7, 11) is -1.13. The predicted molar refractivity (Wildman–Crippen MR) is 48.6 cm³/mol. The second-order valence-electron chi connectivity index (χ2n) is 3.38. The van der Waals surface area contributed by atoms with Gasteiger partial charge in [0.25, 0.3) is 0 Å². The molecule has 0 aromatic heterocycles. The average Bonchev–Trinajstić information content (AvgIpc) is 2.07. The van der Waals surface area contributed by atoms with Gasteiger partial charge in [0, 0.05) is 16.6 Å². The molecule has 0 aromatic rings. The van der Waals surface area contributed by atoms with Gasteiger partial charge in [0.2, 0.25) is 5.91 Å². The lowest BCUT2D eigenvalue weighted by Crippen LogP contribution is -2.58. The lowest BCUT2D eigenvalue weighted by atomic mass is 10.1. The molecule has 2 aliphatic rings. The van der Waals surface area contributed by atoms with Crippen molar-refractivity contribution in [2.75, 3.05) is 5.75 Å². The molecule has 0 saturated carbocycles. The van der Waals surface area contributed by atoms with Crippen LogP contribution in [0.1, 0.15) is 13.3 Å². The number of carbonyl (C=O) groups excluding carboxylic acids is 1. The highest BCUT2D eigenvalue weighted by Gasteiger charge is 2.47. The van der Waals surface area contributed by atoms with E-state index in [4.69, 9.17) is 5.11 Å². The molecule has 5 nitrogen and oxygen atoms in total. The monoisotopic (exact) mass is 215 g/mol. The Balaban J connectivity index is 2.45. The van der Waals surface area contributed by atoms with Gasteiger partial charge in [-0.05, 0) is 12.5 Å². The Kier molecular flexibility index (Phi) is 1.95. The molecule has 0 aliphatic carbocycles. The van der Waals surface area contributed by atoms with Crippen LogP contribution in [0.3, 0.4) is 0 Å². The van der Waals surface area contributed by atoms with Crippen LogP contribution in [0.2, 0.25) is 0 Å². The largest absolute Gasteiger partial charge is 0.477 e. The molecule has 14 heavy (non-hydrogen) atoms. The average molecular weight is 215 g/mol. The molecule has 2 atom stereocenters. The van der Waals surface area contributed by atoms with E-state index in [0.29, 0.717) is 5.57 Å². The summed E-state index contributed by atoms with van der Waals surface area (Å²) in [5, 5.41) is 8.48. The maximum absolute atomic E-state index is 11.5. The first-order valence-corrected chi connectivity index (χ1v) is 5.53. The highest BCUT2D eigenvalue weighted by molar-refractivity contribution is 7.86.